The second kappa shape index (κ2) is 8.51. The number of benzene rings is 1. The summed E-state index contributed by atoms with van der Waals surface area (Å²) in [4.78, 5) is 2.68. The first-order valence-electron chi connectivity index (χ1n) is 7.58. The van der Waals surface area contributed by atoms with Crippen molar-refractivity contribution >= 4 is 9.84 Å². The summed E-state index contributed by atoms with van der Waals surface area (Å²) >= 11 is 0. The molecular weight excluding hydrogens is 284 g/mol. The molecular formula is C16H28N2O2S. The van der Waals surface area contributed by atoms with Crippen molar-refractivity contribution in [2.75, 3.05) is 25.9 Å². The molecule has 0 amide bonds. The van der Waals surface area contributed by atoms with Crippen LogP contribution in [0.2, 0.25) is 0 Å². The van der Waals surface area contributed by atoms with Gasteiger partial charge in [-0.15, -0.1) is 0 Å². The van der Waals surface area contributed by atoms with E-state index in [2.05, 4.69) is 31.1 Å². The summed E-state index contributed by atoms with van der Waals surface area (Å²) in [5.41, 5.74) is 0. The molecule has 0 spiro atoms. The molecule has 4 nitrogen and oxygen atoms in total. The lowest BCUT2D eigenvalue weighted by molar-refractivity contribution is 0.250. The van der Waals surface area contributed by atoms with Crippen LogP contribution in [0.1, 0.15) is 27.2 Å². The second-order valence-electron chi connectivity index (χ2n) is 5.69. The van der Waals surface area contributed by atoms with Crippen molar-refractivity contribution in [3.63, 3.8) is 0 Å². The average molecular weight is 312 g/mol. The average Bonchev–Trinajstić information content (AvgIpc) is 2.46. The van der Waals surface area contributed by atoms with Gasteiger partial charge < -0.3 is 10.2 Å². The van der Waals surface area contributed by atoms with E-state index in [1.807, 2.05) is 13.0 Å². The molecule has 0 bridgehead atoms. The number of rotatable bonds is 9. The third kappa shape index (κ3) is 6.16. The molecule has 1 aromatic carbocycles. The van der Waals surface area contributed by atoms with Gasteiger partial charge in [-0.2, -0.15) is 0 Å². The molecule has 0 fully saturated rings. The third-order valence-electron chi connectivity index (χ3n) is 3.87. The zero-order chi connectivity index (χ0) is 15.9. The van der Waals surface area contributed by atoms with Crippen LogP contribution in [-0.4, -0.2) is 51.3 Å². The summed E-state index contributed by atoms with van der Waals surface area (Å²) in [6.45, 7) is 8.01. The number of likely N-dealkylation sites (N-methyl/N-ethyl adjacent to an activating group) is 1. The quantitative estimate of drug-likeness (QED) is 0.759. The van der Waals surface area contributed by atoms with Crippen molar-refractivity contribution in [2.45, 2.75) is 44.2 Å². The lowest BCUT2D eigenvalue weighted by Gasteiger charge is -2.24. The predicted octanol–water partition coefficient (Wildman–Crippen LogP) is 2.17. The van der Waals surface area contributed by atoms with Crippen molar-refractivity contribution < 1.29 is 8.42 Å². The van der Waals surface area contributed by atoms with Gasteiger partial charge in [-0.05, 0) is 39.4 Å². The summed E-state index contributed by atoms with van der Waals surface area (Å²) < 4.78 is 24.5. The van der Waals surface area contributed by atoms with Crippen LogP contribution in [0.4, 0.5) is 0 Å². The van der Waals surface area contributed by atoms with Gasteiger partial charge in [0.1, 0.15) is 0 Å². The minimum Gasteiger partial charge on any atom is -0.312 e. The van der Waals surface area contributed by atoms with Gasteiger partial charge in [0.15, 0.2) is 9.84 Å². The van der Waals surface area contributed by atoms with Crippen LogP contribution >= 0.6 is 0 Å². The lowest BCUT2D eigenvalue weighted by atomic mass is 10.2. The molecule has 1 rings (SSSR count). The molecule has 0 unspecified atom stereocenters. The molecule has 120 valence electrons. The largest absolute Gasteiger partial charge is 0.312 e. The molecule has 0 saturated carbocycles. The molecule has 0 radical (unpaired) electrons. The Morgan fingerprint density at radius 1 is 1.19 bits per heavy atom. The number of hydrogen-bond donors (Lipinski definition) is 1. The molecule has 0 aliphatic carbocycles. The number of nitrogens with zero attached hydrogens (tertiary/aromatic N) is 1. The van der Waals surface area contributed by atoms with E-state index in [4.69, 9.17) is 0 Å². The van der Waals surface area contributed by atoms with E-state index in [1.54, 1.807) is 24.3 Å². The topological polar surface area (TPSA) is 49.4 Å². The fraction of sp³-hybridized carbons (Fsp3) is 0.625. The van der Waals surface area contributed by atoms with Crippen molar-refractivity contribution in [3.05, 3.63) is 30.3 Å². The van der Waals surface area contributed by atoms with Crippen LogP contribution in [0.5, 0.6) is 0 Å². The van der Waals surface area contributed by atoms with Gasteiger partial charge >= 0.3 is 0 Å². The standard InChI is InChI=1S/C16H28N2O2S/c1-5-15(3)18(4)12-11-17-14(2)13-21(19,20)16-9-7-6-8-10-16/h6-10,14-15,17H,5,11-13H2,1-4H3/t14-,15-/m0/s1. The first kappa shape index (κ1) is 18.1. The molecule has 0 heterocycles. The van der Waals surface area contributed by atoms with E-state index in [-0.39, 0.29) is 11.8 Å². The predicted molar refractivity (Wildman–Crippen MR) is 88.3 cm³/mol. The van der Waals surface area contributed by atoms with Gasteiger partial charge in [-0.1, -0.05) is 25.1 Å². The Morgan fingerprint density at radius 2 is 1.81 bits per heavy atom. The van der Waals surface area contributed by atoms with Gasteiger partial charge in [0, 0.05) is 25.2 Å². The summed E-state index contributed by atoms with van der Waals surface area (Å²) in [7, 11) is -1.11. The highest BCUT2D eigenvalue weighted by Gasteiger charge is 2.18. The summed E-state index contributed by atoms with van der Waals surface area (Å²) in [6.07, 6.45) is 1.12. The highest BCUT2D eigenvalue weighted by molar-refractivity contribution is 7.91. The van der Waals surface area contributed by atoms with E-state index in [0.717, 1.165) is 19.5 Å². The molecule has 0 aromatic heterocycles. The Labute approximate surface area is 129 Å². The van der Waals surface area contributed by atoms with E-state index in [1.165, 1.54) is 0 Å². The molecule has 1 N–H and O–H groups in total. The maximum absolute atomic E-state index is 12.2. The minimum absolute atomic E-state index is 0.0551. The summed E-state index contributed by atoms with van der Waals surface area (Å²) in [6, 6.07) is 9.14. The van der Waals surface area contributed by atoms with E-state index >= 15 is 0 Å². The molecule has 0 saturated heterocycles. The van der Waals surface area contributed by atoms with Gasteiger partial charge in [0.2, 0.25) is 0 Å². The maximum Gasteiger partial charge on any atom is 0.179 e. The van der Waals surface area contributed by atoms with Crippen LogP contribution < -0.4 is 5.32 Å². The van der Waals surface area contributed by atoms with E-state index in [9.17, 15) is 8.42 Å². The van der Waals surface area contributed by atoms with Crippen LogP contribution in [0.3, 0.4) is 0 Å². The van der Waals surface area contributed by atoms with E-state index < -0.39 is 9.84 Å². The van der Waals surface area contributed by atoms with Crippen LogP contribution in [0.15, 0.2) is 35.2 Å². The van der Waals surface area contributed by atoms with Crippen LogP contribution in [-0.2, 0) is 9.84 Å². The maximum atomic E-state index is 12.2. The van der Waals surface area contributed by atoms with Gasteiger partial charge in [0.25, 0.3) is 0 Å². The molecule has 5 heteroatoms. The lowest BCUT2D eigenvalue weighted by Crippen LogP contribution is -2.40. The smallest absolute Gasteiger partial charge is 0.179 e. The van der Waals surface area contributed by atoms with Crippen LogP contribution in [0, 0.1) is 0 Å². The van der Waals surface area contributed by atoms with Gasteiger partial charge in [-0.3, -0.25) is 0 Å². The van der Waals surface area contributed by atoms with Crippen molar-refractivity contribution in [1.82, 2.24) is 10.2 Å². The van der Waals surface area contributed by atoms with Crippen LogP contribution in [0.25, 0.3) is 0 Å². The normalized spacial score (nSPS) is 15.1. The second-order valence-corrected chi connectivity index (χ2v) is 7.72. The Balaban J connectivity index is 2.42. The Kier molecular flexibility index (Phi) is 7.35. The number of nitrogens with one attached hydrogen (secondary N) is 1. The van der Waals surface area contributed by atoms with E-state index in [0.29, 0.717) is 10.9 Å². The fourth-order valence-electron chi connectivity index (χ4n) is 2.13. The SMILES string of the molecule is CC[C@H](C)N(C)CCN[C@@H](C)CS(=O)(=O)c1ccccc1. The first-order valence-corrected chi connectivity index (χ1v) is 9.23. The van der Waals surface area contributed by atoms with Crippen molar-refractivity contribution in [1.29, 1.82) is 0 Å². The monoisotopic (exact) mass is 312 g/mol. The highest BCUT2D eigenvalue weighted by atomic mass is 32.2. The zero-order valence-electron chi connectivity index (χ0n) is 13.5. The van der Waals surface area contributed by atoms with Crippen molar-refractivity contribution in [2.24, 2.45) is 0 Å². The number of sulfone groups is 1. The Morgan fingerprint density at radius 3 is 2.38 bits per heavy atom. The van der Waals surface area contributed by atoms with Gasteiger partial charge in [-0.25, -0.2) is 8.42 Å². The zero-order valence-corrected chi connectivity index (χ0v) is 14.4. The molecule has 1 aromatic rings. The van der Waals surface area contributed by atoms with Crippen molar-refractivity contribution in [3.8, 4) is 0 Å². The Hall–Kier alpha value is -0.910. The molecule has 0 aliphatic rings. The molecule has 2 atom stereocenters. The fourth-order valence-corrected chi connectivity index (χ4v) is 3.67. The Bertz CT molecular complexity index is 502. The third-order valence-corrected chi connectivity index (χ3v) is 5.80. The highest BCUT2D eigenvalue weighted by Crippen LogP contribution is 2.11. The minimum atomic E-state index is -3.21. The molecule has 0 aliphatic heterocycles. The summed E-state index contributed by atoms with van der Waals surface area (Å²) in [5.74, 6) is 0.129. The van der Waals surface area contributed by atoms with Gasteiger partial charge in [0.05, 0.1) is 10.6 Å². The summed E-state index contributed by atoms with van der Waals surface area (Å²) in [5, 5.41) is 3.30. The number of hydrogen-bond acceptors (Lipinski definition) is 4. The first-order chi connectivity index (χ1) is 9.86. The molecule has 21 heavy (non-hydrogen) atoms.